The van der Waals surface area contributed by atoms with Gasteiger partial charge in [0.2, 0.25) is 23.6 Å². The van der Waals surface area contributed by atoms with E-state index in [9.17, 15) is 23.6 Å². The first-order valence-corrected chi connectivity index (χ1v) is 34.5. The number of hydrogen-bond acceptors (Lipinski definition) is 8. The van der Waals surface area contributed by atoms with Gasteiger partial charge in [-0.2, -0.15) is 0 Å². The van der Waals surface area contributed by atoms with Crippen molar-refractivity contribution in [2.45, 2.75) is 233 Å². The molecule has 4 saturated heterocycles. The van der Waals surface area contributed by atoms with Crippen molar-refractivity contribution in [1.29, 1.82) is 0 Å². The maximum absolute atomic E-state index is 14.1. The number of nitrogens with one attached hydrogen (secondary N) is 3. The summed E-state index contributed by atoms with van der Waals surface area (Å²) in [5, 5.41) is 9.22. The highest BCUT2D eigenvalue weighted by Crippen LogP contribution is 2.52. The Morgan fingerprint density at radius 3 is 1.45 bits per heavy atom. The monoisotopic (exact) mass is 1220 g/mol. The Kier molecular flexibility index (Phi) is 23.7. The average Bonchev–Trinajstić information content (AvgIpc) is 0.869. The first-order chi connectivity index (χ1) is 41.7. The van der Waals surface area contributed by atoms with Crippen LogP contribution in [0.25, 0.3) is 0 Å². The van der Waals surface area contributed by atoms with E-state index in [0.29, 0.717) is 54.4 Å². The van der Waals surface area contributed by atoms with Crippen LogP contribution in [0.3, 0.4) is 0 Å². The third kappa shape index (κ3) is 18.5. The van der Waals surface area contributed by atoms with Crippen LogP contribution in [0.2, 0.25) is 0 Å². The lowest BCUT2D eigenvalue weighted by molar-refractivity contribution is -0.134. The highest BCUT2D eigenvalue weighted by atomic mass is 19.1. The van der Waals surface area contributed by atoms with E-state index in [1.165, 1.54) is 126 Å². The predicted octanol–water partition coefficient (Wildman–Crippen LogP) is 14.8. The summed E-state index contributed by atoms with van der Waals surface area (Å²) in [5.74, 6) is 0.215. The maximum Gasteiger partial charge on any atom is 0.224 e. The van der Waals surface area contributed by atoms with Gasteiger partial charge in [-0.3, -0.25) is 19.2 Å². The molecule has 3 aromatic carbocycles. The summed E-state index contributed by atoms with van der Waals surface area (Å²) in [4.78, 5) is 58.5. The van der Waals surface area contributed by atoms with Crippen LogP contribution in [-0.2, 0) is 40.2 Å². The van der Waals surface area contributed by atoms with Gasteiger partial charge < -0.3 is 40.3 Å². The molecule has 10 rings (SSSR count). The lowest BCUT2D eigenvalue weighted by Crippen LogP contribution is -2.47. The molecule has 3 N–H and O–H groups in total. The molecule has 3 aromatic rings. The van der Waals surface area contributed by atoms with Crippen LogP contribution in [0.15, 0.2) is 66.7 Å². The zero-order valence-electron chi connectivity index (χ0n) is 56.8. The Morgan fingerprint density at radius 1 is 0.557 bits per heavy atom. The number of fused-ring (bicyclic) bond motifs is 6. The van der Waals surface area contributed by atoms with Crippen molar-refractivity contribution in [3.8, 4) is 0 Å². The minimum absolute atomic E-state index is 0. The van der Waals surface area contributed by atoms with E-state index in [4.69, 9.17) is 4.74 Å². The second kappa shape index (κ2) is 30.2. The van der Waals surface area contributed by atoms with E-state index in [-0.39, 0.29) is 68.6 Å². The number of hydrogen-bond donors (Lipinski definition) is 3. The van der Waals surface area contributed by atoms with Gasteiger partial charge in [-0.25, -0.2) is 4.39 Å². The fourth-order valence-electron chi connectivity index (χ4n) is 15.8. The lowest BCUT2D eigenvalue weighted by Gasteiger charge is -2.49. The molecule has 13 heteroatoms. The summed E-state index contributed by atoms with van der Waals surface area (Å²) in [6.07, 6.45) is 19.3. The first-order valence-electron chi connectivity index (χ1n) is 34.5. The van der Waals surface area contributed by atoms with E-state index in [2.05, 4.69) is 148 Å². The first kappa shape index (κ1) is 69.2. The quantitative estimate of drug-likeness (QED) is 0.146. The van der Waals surface area contributed by atoms with Crippen molar-refractivity contribution < 1.29 is 32.6 Å². The molecule has 0 aromatic heterocycles. The van der Waals surface area contributed by atoms with E-state index < -0.39 is 0 Å². The van der Waals surface area contributed by atoms with Crippen molar-refractivity contribution in [3.05, 3.63) is 106 Å². The molecule has 12 nitrogen and oxygen atoms in total. The number of rotatable bonds is 14. The lowest BCUT2D eigenvalue weighted by atomic mass is 9.63. The third-order valence-corrected chi connectivity index (χ3v) is 21.5. The SMILES string of the molecule is CC(=O)N[C@@H]1CCC2(CCN(CCC(C)(C)C)CC2)c2cc(F)ccc21.CC(C)(C)CCN1CCC2(CC[C@@H](NC(=O)C3CCOCC3)c3ccccc32)CC1.CCN(C(=O)CCNC(C)=O)[C@H]1CCC2(CCN(CCC(C)(C)C)CC2)c2ccccc21.[HH].[HH].[HH]. The number of halogens is 1. The largest absolute Gasteiger partial charge is 0.381 e. The molecule has 3 spiro atoms. The van der Waals surface area contributed by atoms with Crippen LogP contribution in [-0.4, -0.2) is 128 Å². The number of benzene rings is 3. The average molecular weight is 1220 g/mol. The van der Waals surface area contributed by atoms with Gasteiger partial charge >= 0.3 is 0 Å². The third-order valence-electron chi connectivity index (χ3n) is 21.5. The van der Waals surface area contributed by atoms with Crippen molar-refractivity contribution in [2.24, 2.45) is 22.2 Å². The van der Waals surface area contributed by atoms with Gasteiger partial charge in [-0.15, -0.1) is 0 Å². The molecule has 4 aliphatic heterocycles. The molecular formula is C75H122FN7O5. The minimum Gasteiger partial charge on any atom is -0.381 e. The summed E-state index contributed by atoms with van der Waals surface area (Å²) in [7, 11) is 0. The van der Waals surface area contributed by atoms with Crippen molar-refractivity contribution in [3.63, 3.8) is 0 Å². The molecule has 4 heterocycles. The van der Waals surface area contributed by atoms with Gasteiger partial charge in [0.15, 0.2) is 0 Å². The van der Waals surface area contributed by atoms with Crippen LogP contribution in [0.1, 0.15) is 254 Å². The van der Waals surface area contributed by atoms with E-state index >= 15 is 0 Å². The molecule has 3 atom stereocenters. The summed E-state index contributed by atoms with van der Waals surface area (Å²) >= 11 is 0. The van der Waals surface area contributed by atoms with Gasteiger partial charge in [-0.1, -0.05) is 117 Å². The Hall–Kier alpha value is -4.69. The molecule has 88 heavy (non-hydrogen) atoms. The Labute approximate surface area is 535 Å². The van der Waals surface area contributed by atoms with Crippen LogP contribution in [0.5, 0.6) is 0 Å². The Morgan fingerprint density at radius 2 is 0.989 bits per heavy atom. The van der Waals surface area contributed by atoms with Gasteiger partial charge in [0.05, 0.1) is 18.1 Å². The number of piperidine rings is 3. The second-order valence-corrected chi connectivity index (χ2v) is 31.4. The van der Waals surface area contributed by atoms with Crippen LogP contribution < -0.4 is 16.0 Å². The number of likely N-dealkylation sites (tertiary alicyclic amines) is 3. The standard InChI is InChI=1S/C27H43N3O2.C26H40N2O2.C22H33FN2O.3H2/c1-6-30(25(32)12-17-28-21(2)31)24-11-13-27(23-10-8-7-9-22(23)24)15-19-29(20-16-27)18-14-26(3,4)5;1-25(2,3)12-15-28-16-13-26(14-17-28)11-8-23(21-6-4-5-7-22(21)26)27-24(29)20-9-18-30-19-10-20;1-16(26)24-20-7-8-22(19-15-17(23)5-6-18(19)20)10-13-25(14-11-22)12-9-21(2,3)4;;;/h7-10,24H,6,11-20H2,1-5H3,(H,28,31);4-7,20,23H,8-19H2,1-3H3,(H,27,29);5-6,15,20H,7-14H2,1-4H3,(H,24,26);3*1H/t24-;23-;20-;;;/m011.../s1. The maximum atomic E-state index is 14.1. The molecule has 4 amide bonds. The molecule has 494 valence electrons. The molecule has 7 aliphatic rings. The number of ether oxygens (including phenoxy) is 1. The normalized spacial score (nSPS) is 22.8. The highest BCUT2D eigenvalue weighted by molar-refractivity contribution is 5.80. The summed E-state index contributed by atoms with van der Waals surface area (Å²) in [5.41, 5.74) is 9.73. The molecule has 0 bridgehead atoms. The van der Waals surface area contributed by atoms with Crippen molar-refractivity contribution in [1.82, 2.24) is 35.6 Å². The zero-order chi connectivity index (χ0) is 63.5. The Balaban J connectivity index is 0.000000245. The number of nitrogens with zero attached hydrogens (tertiary/aromatic N) is 4. The summed E-state index contributed by atoms with van der Waals surface area (Å²) in [6.45, 7) is 39.0. The van der Waals surface area contributed by atoms with Gasteiger partial charge in [-0.05, 0) is 253 Å². The van der Waals surface area contributed by atoms with E-state index in [1.54, 1.807) is 13.0 Å². The van der Waals surface area contributed by atoms with Crippen LogP contribution in [0.4, 0.5) is 4.39 Å². The van der Waals surface area contributed by atoms with E-state index in [0.717, 1.165) is 88.5 Å². The number of amides is 4. The molecule has 0 unspecified atom stereocenters. The summed E-state index contributed by atoms with van der Waals surface area (Å²) in [6, 6.07) is 23.3. The van der Waals surface area contributed by atoms with Crippen LogP contribution in [0, 0.1) is 28.0 Å². The molecule has 0 radical (unpaired) electrons. The van der Waals surface area contributed by atoms with Gasteiger partial charge in [0.1, 0.15) is 5.82 Å². The molecule has 4 fully saturated rings. The van der Waals surface area contributed by atoms with Crippen molar-refractivity contribution >= 4 is 23.6 Å². The fraction of sp³-hybridized carbons (Fsp3) is 0.707. The van der Waals surface area contributed by atoms with E-state index in [1.807, 2.05) is 11.0 Å². The smallest absolute Gasteiger partial charge is 0.224 e. The predicted molar refractivity (Wildman–Crippen MR) is 362 cm³/mol. The van der Waals surface area contributed by atoms with Crippen LogP contribution >= 0.6 is 0 Å². The van der Waals surface area contributed by atoms with Crippen molar-refractivity contribution in [2.75, 3.05) is 85.2 Å². The summed E-state index contributed by atoms with van der Waals surface area (Å²) < 4.78 is 19.5. The fourth-order valence-corrected chi connectivity index (χ4v) is 15.8. The molecular weight excluding hydrogens is 1100 g/mol. The minimum atomic E-state index is -0.165. The Bertz CT molecular complexity index is 2790. The van der Waals surface area contributed by atoms with Gasteiger partial charge in [0.25, 0.3) is 0 Å². The second-order valence-electron chi connectivity index (χ2n) is 31.4. The number of carbonyl (C=O) groups is 4. The number of carbonyl (C=O) groups excluding carboxylic acids is 4. The van der Waals surface area contributed by atoms with Gasteiger partial charge in [0, 0.05) is 56.8 Å². The zero-order valence-corrected chi connectivity index (χ0v) is 56.8. The highest BCUT2D eigenvalue weighted by Gasteiger charge is 2.46. The molecule has 0 saturated carbocycles. The topological polar surface area (TPSA) is 127 Å². The molecule has 3 aliphatic carbocycles.